The van der Waals surface area contributed by atoms with Gasteiger partial charge in [-0.15, -0.1) is 0 Å². The van der Waals surface area contributed by atoms with Gasteiger partial charge in [0, 0.05) is 22.4 Å². The van der Waals surface area contributed by atoms with Crippen molar-refractivity contribution >= 4 is 23.2 Å². The van der Waals surface area contributed by atoms with Crippen molar-refractivity contribution in [1.29, 1.82) is 0 Å². The van der Waals surface area contributed by atoms with Gasteiger partial charge in [0.05, 0.1) is 18.8 Å². The molecule has 0 bridgehead atoms. The number of carbonyl (C=O) groups excluding carboxylic acids is 2. The third kappa shape index (κ3) is 3.45. The van der Waals surface area contributed by atoms with Crippen molar-refractivity contribution in [1.82, 2.24) is 0 Å². The number of fused-ring (bicyclic) bond motifs is 4. The number of anilines is 2. The molecule has 2 amide bonds. The highest BCUT2D eigenvalue weighted by Gasteiger charge is 2.63. The first-order chi connectivity index (χ1) is 19.2. The highest BCUT2D eigenvalue weighted by Crippen LogP contribution is 2.56. The van der Waals surface area contributed by atoms with Crippen LogP contribution in [0.15, 0.2) is 133 Å². The van der Waals surface area contributed by atoms with Gasteiger partial charge in [0.25, 0.3) is 11.8 Å². The molecular weight excluding hydrogens is 480 g/mol. The van der Waals surface area contributed by atoms with Crippen LogP contribution in [0, 0.1) is 0 Å². The number of hydrogen-bond acceptors (Lipinski definition) is 2. The summed E-state index contributed by atoms with van der Waals surface area (Å²) in [6, 6.07) is 43.8. The van der Waals surface area contributed by atoms with Gasteiger partial charge in [-0.25, -0.2) is 0 Å². The van der Waals surface area contributed by atoms with E-state index >= 15 is 0 Å². The lowest BCUT2D eigenvalue weighted by Gasteiger charge is -2.24. The summed E-state index contributed by atoms with van der Waals surface area (Å²) in [7, 11) is 0. The Morgan fingerprint density at radius 1 is 0.487 bits per heavy atom. The Morgan fingerprint density at radius 3 is 1.67 bits per heavy atom. The normalized spacial score (nSPS) is 17.5. The first kappa shape index (κ1) is 23.2. The molecule has 1 atom stereocenters. The molecule has 5 aromatic rings. The van der Waals surface area contributed by atoms with Crippen molar-refractivity contribution in [3.05, 3.63) is 156 Å². The Kier molecular flexibility index (Phi) is 5.41. The van der Waals surface area contributed by atoms with E-state index in [2.05, 4.69) is 12.1 Å². The minimum absolute atomic E-state index is 0.195. The Morgan fingerprint density at radius 2 is 1.00 bits per heavy atom. The van der Waals surface area contributed by atoms with E-state index in [1.807, 2.05) is 126 Å². The first-order valence-corrected chi connectivity index (χ1v) is 13.2. The van der Waals surface area contributed by atoms with E-state index in [9.17, 15) is 9.59 Å². The third-order valence-corrected chi connectivity index (χ3v) is 7.89. The monoisotopic (exact) mass is 506 g/mol. The summed E-state index contributed by atoms with van der Waals surface area (Å²) in [4.78, 5) is 33.1. The minimum atomic E-state index is -1.43. The predicted octanol–water partition coefficient (Wildman–Crippen LogP) is 6.73. The maximum absolute atomic E-state index is 14.8. The molecule has 0 N–H and O–H groups in total. The largest absolute Gasteiger partial charge is 0.306 e. The quantitative estimate of drug-likeness (QED) is 0.248. The van der Waals surface area contributed by atoms with Gasteiger partial charge in [-0.3, -0.25) is 9.59 Å². The third-order valence-electron chi connectivity index (χ3n) is 7.89. The molecule has 39 heavy (non-hydrogen) atoms. The zero-order valence-corrected chi connectivity index (χ0v) is 21.3. The topological polar surface area (TPSA) is 40.6 Å². The lowest BCUT2D eigenvalue weighted by Crippen LogP contribution is -2.48. The Labute approximate surface area is 227 Å². The van der Waals surface area contributed by atoms with Crippen molar-refractivity contribution in [3.63, 3.8) is 0 Å². The maximum Gasteiger partial charge on any atom is 0.252 e. The average Bonchev–Trinajstić information content (AvgIpc) is 3.39. The fraction of sp³-hybridized carbons (Fsp3) is 0.0857. The molecule has 2 aliphatic rings. The molecule has 0 unspecified atom stereocenters. The van der Waals surface area contributed by atoms with E-state index in [-0.39, 0.29) is 11.8 Å². The molecule has 0 radical (unpaired) electrons. The van der Waals surface area contributed by atoms with E-state index in [1.54, 1.807) is 4.90 Å². The zero-order chi connectivity index (χ0) is 26.4. The van der Waals surface area contributed by atoms with Crippen LogP contribution in [-0.4, -0.2) is 11.8 Å². The van der Waals surface area contributed by atoms with Crippen LogP contribution in [0.2, 0.25) is 0 Å². The Balaban J connectivity index is 1.46. The van der Waals surface area contributed by atoms with Crippen molar-refractivity contribution < 1.29 is 9.59 Å². The summed E-state index contributed by atoms with van der Waals surface area (Å²) in [5.74, 6) is -0.391. The molecule has 4 nitrogen and oxygen atoms in total. The fourth-order valence-electron chi connectivity index (χ4n) is 6.17. The molecule has 4 heteroatoms. The van der Waals surface area contributed by atoms with Crippen molar-refractivity contribution in [2.45, 2.75) is 18.5 Å². The fourth-order valence-corrected chi connectivity index (χ4v) is 6.17. The highest BCUT2D eigenvalue weighted by molar-refractivity contribution is 6.32. The first-order valence-electron chi connectivity index (χ1n) is 13.2. The minimum Gasteiger partial charge on any atom is -0.306 e. The number of amides is 2. The van der Waals surface area contributed by atoms with Gasteiger partial charge in [0.2, 0.25) is 0 Å². The van der Waals surface area contributed by atoms with Crippen LogP contribution in [0.4, 0.5) is 11.4 Å². The summed E-state index contributed by atoms with van der Waals surface area (Å²) in [6.07, 6.45) is 0. The van der Waals surface area contributed by atoms with Gasteiger partial charge in [0.1, 0.15) is 0 Å². The molecule has 0 fully saturated rings. The Bertz CT molecular complexity index is 1700. The number of rotatable bonds is 5. The van der Waals surface area contributed by atoms with E-state index < -0.39 is 5.41 Å². The number of benzene rings is 5. The number of carbonyl (C=O) groups is 2. The molecule has 0 saturated heterocycles. The average molecular weight is 507 g/mol. The standard InChI is InChI=1S/C35H26N2O2/c38-33-35(29-20-10-11-22-31(29)36(33)23-25-13-4-1-5-14-25)30-21-12-19-28(27-17-8-3-9-18-27)32(30)37(34(35)39)24-26-15-6-2-7-16-26/h1-22H,23-24H2/t35-/m0/s1. The van der Waals surface area contributed by atoms with Gasteiger partial charge in [-0.05, 0) is 22.8 Å². The van der Waals surface area contributed by atoms with Gasteiger partial charge < -0.3 is 9.80 Å². The van der Waals surface area contributed by atoms with Crippen molar-refractivity contribution in [3.8, 4) is 11.1 Å². The van der Waals surface area contributed by atoms with Crippen molar-refractivity contribution in [2.24, 2.45) is 0 Å². The van der Waals surface area contributed by atoms with Crippen molar-refractivity contribution in [2.75, 3.05) is 9.80 Å². The second kappa shape index (κ2) is 9.10. The van der Waals surface area contributed by atoms with E-state index in [0.717, 1.165) is 44.8 Å². The van der Waals surface area contributed by atoms with Crippen LogP contribution in [0.25, 0.3) is 11.1 Å². The van der Waals surface area contributed by atoms with Gasteiger partial charge in [0.15, 0.2) is 5.41 Å². The maximum atomic E-state index is 14.8. The molecule has 7 rings (SSSR count). The second-order valence-electron chi connectivity index (χ2n) is 10.1. The molecule has 0 saturated carbocycles. The van der Waals surface area contributed by atoms with Gasteiger partial charge >= 0.3 is 0 Å². The molecular formula is C35H26N2O2. The summed E-state index contributed by atoms with van der Waals surface area (Å²) in [6.45, 7) is 0.782. The molecule has 0 aliphatic carbocycles. The van der Waals surface area contributed by atoms with Crippen LogP contribution < -0.4 is 9.80 Å². The summed E-state index contributed by atoms with van der Waals surface area (Å²) in [5, 5.41) is 0. The molecule has 2 heterocycles. The van der Waals surface area contributed by atoms with Crippen LogP contribution in [0.1, 0.15) is 22.3 Å². The van der Waals surface area contributed by atoms with Crippen LogP contribution in [0.3, 0.4) is 0 Å². The van der Waals surface area contributed by atoms with Crippen LogP contribution in [0.5, 0.6) is 0 Å². The van der Waals surface area contributed by atoms with E-state index in [4.69, 9.17) is 0 Å². The SMILES string of the molecule is O=C1N(Cc2ccccc2)c2ccccc2[C@@]12C(=O)N(Cc1ccccc1)c1c(-c3ccccc3)cccc12. The zero-order valence-electron chi connectivity index (χ0n) is 21.3. The smallest absolute Gasteiger partial charge is 0.252 e. The number of nitrogens with zero attached hydrogens (tertiary/aromatic N) is 2. The van der Waals surface area contributed by atoms with Gasteiger partial charge in [-0.2, -0.15) is 0 Å². The second-order valence-corrected chi connectivity index (χ2v) is 10.1. The summed E-state index contributed by atoms with van der Waals surface area (Å²) in [5.41, 5.74) is 5.65. The highest BCUT2D eigenvalue weighted by atomic mass is 16.2. The van der Waals surface area contributed by atoms with Crippen LogP contribution in [-0.2, 0) is 28.1 Å². The number of para-hydroxylation sites is 2. The van der Waals surface area contributed by atoms with Crippen LogP contribution >= 0.6 is 0 Å². The van der Waals surface area contributed by atoms with E-state index in [1.165, 1.54) is 0 Å². The lowest BCUT2D eigenvalue weighted by molar-refractivity contribution is -0.131. The summed E-state index contributed by atoms with van der Waals surface area (Å²) < 4.78 is 0. The summed E-state index contributed by atoms with van der Waals surface area (Å²) >= 11 is 0. The van der Waals surface area contributed by atoms with Gasteiger partial charge in [-0.1, -0.05) is 127 Å². The predicted molar refractivity (Wildman–Crippen MR) is 154 cm³/mol. The molecule has 188 valence electrons. The molecule has 2 aliphatic heterocycles. The molecule has 1 spiro atoms. The number of hydrogen-bond donors (Lipinski definition) is 0. The Hall–Kier alpha value is -4.96. The lowest BCUT2D eigenvalue weighted by atomic mass is 9.75. The van der Waals surface area contributed by atoms with E-state index in [0.29, 0.717) is 13.1 Å². The molecule has 0 aromatic heterocycles. The molecule has 5 aromatic carbocycles.